The van der Waals surface area contributed by atoms with Crippen molar-refractivity contribution in [1.82, 2.24) is 0 Å². The summed E-state index contributed by atoms with van der Waals surface area (Å²) in [6.45, 7) is -2.92. The summed E-state index contributed by atoms with van der Waals surface area (Å²) in [5, 5.41) is 2.77. The maximum Gasteiger partial charge on any atom is 0.387 e. The lowest BCUT2D eigenvalue weighted by molar-refractivity contribution is -0.117. The van der Waals surface area contributed by atoms with E-state index in [2.05, 4.69) is 10.1 Å². The molecule has 3 nitrogen and oxygen atoms in total. The highest BCUT2D eigenvalue weighted by Gasteiger charge is 2.18. The molecule has 0 saturated heterocycles. The molecule has 0 unspecified atom stereocenters. The molecule has 1 N–H and O–H groups in total. The van der Waals surface area contributed by atoms with Gasteiger partial charge in [-0.2, -0.15) is 8.78 Å². The van der Waals surface area contributed by atoms with Crippen LogP contribution in [0.5, 0.6) is 5.75 Å². The van der Waals surface area contributed by atoms with E-state index in [1.54, 1.807) is 0 Å². The second-order valence-electron chi connectivity index (χ2n) is 4.93. The van der Waals surface area contributed by atoms with E-state index in [9.17, 15) is 13.6 Å². The summed E-state index contributed by atoms with van der Waals surface area (Å²) in [5.74, 6) is 0.276. The SMILES string of the molecule is O=C(CC1CCCC1)Nc1ccc(OC(F)F)c(Cl)c1. The van der Waals surface area contributed by atoms with Crippen LogP contribution in [0.15, 0.2) is 18.2 Å². The zero-order chi connectivity index (χ0) is 14.5. The third kappa shape index (κ3) is 4.34. The van der Waals surface area contributed by atoms with Crippen molar-refractivity contribution < 1.29 is 18.3 Å². The molecule has 0 atom stereocenters. The van der Waals surface area contributed by atoms with Gasteiger partial charge in [-0.3, -0.25) is 4.79 Å². The van der Waals surface area contributed by atoms with Gasteiger partial charge in [0.15, 0.2) is 0 Å². The molecule has 20 heavy (non-hydrogen) atoms. The van der Waals surface area contributed by atoms with Crippen molar-refractivity contribution in [3.63, 3.8) is 0 Å². The molecule has 1 fully saturated rings. The van der Waals surface area contributed by atoms with Gasteiger partial charge in [-0.15, -0.1) is 0 Å². The van der Waals surface area contributed by atoms with E-state index >= 15 is 0 Å². The molecule has 6 heteroatoms. The molecule has 1 saturated carbocycles. The number of carbonyl (C=O) groups is 1. The molecule has 1 aromatic rings. The quantitative estimate of drug-likeness (QED) is 0.872. The molecule has 0 radical (unpaired) electrons. The van der Waals surface area contributed by atoms with Gasteiger partial charge in [0, 0.05) is 12.1 Å². The van der Waals surface area contributed by atoms with E-state index in [1.165, 1.54) is 31.0 Å². The normalized spacial score (nSPS) is 15.6. The molecule has 0 aliphatic heterocycles. The van der Waals surface area contributed by atoms with Crippen LogP contribution < -0.4 is 10.1 Å². The Balaban J connectivity index is 1.92. The lowest BCUT2D eigenvalue weighted by Crippen LogP contribution is -2.15. The highest BCUT2D eigenvalue weighted by molar-refractivity contribution is 6.32. The molecule has 1 aromatic carbocycles. The number of alkyl halides is 2. The highest BCUT2D eigenvalue weighted by atomic mass is 35.5. The number of hydrogen-bond donors (Lipinski definition) is 1. The van der Waals surface area contributed by atoms with Gasteiger partial charge in [0.1, 0.15) is 5.75 Å². The predicted molar refractivity (Wildman–Crippen MR) is 73.3 cm³/mol. The Morgan fingerprint density at radius 2 is 2.10 bits per heavy atom. The number of carbonyl (C=O) groups excluding carboxylic acids is 1. The maximum atomic E-state index is 12.1. The first-order chi connectivity index (χ1) is 9.54. The van der Waals surface area contributed by atoms with Crippen molar-refractivity contribution in [2.45, 2.75) is 38.7 Å². The number of halogens is 3. The fourth-order valence-electron chi connectivity index (χ4n) is 2.46. The molecule has 0 bridgehead atoms. The predicted octanol–water partition coefficient (Wildman–Crippen LogP) is 4.46. The average molecular weight is 304 g/mol. The first-order valence-corrected chi connectivity index (χ1v) is 6.96. The van der Waals surface area contributed by atoms with Crippen LogP contribution in [-0.4, -0.2) is 12.5 Å². The largest absolute Gasteiger partial charge is 0.433 e. The van der Waals surface area contributed by atoms with Crippen LogP contribution in [0.25, 0.3) is 0 Å². The smallest absolute Gasteiger partial charge is 0.387 e. The first kappa shape index (κ1) is 15.0. The van der Waals surface area contributed by atoms with Crippen molar-refractivity contribution in [2.24, 2.45) is 5.92 Å². The Hall–Kier alpha value is -1.36. The number of amides is 1. The zero-order valence-corrected chi connectivity index (χ0v) is 11.6. The number of benzene rings is 1. The summed E-state index contributed by atoms with van der Waals surface area (Å²) >= 11 is 5.82. The Bertz CT molecular complexity index is 476. The van der Waals surface area contributed by atoms with Crippen LogP contribution in [0.2, 0.25) is 5.02 Å². The molecule has 1 aliphatic rings. The van der Waals surface area contributed by atoms with E-state index in [-0.39, 0.29) is 16.7 Å². The van der Waals surface area contributed by atoms with Gasteiger partial charge in [0.2, 0.25) is 5.91 Å². The van der Waals surface area contributed by atoms with Crippen LogP contribution in [0, 0.1) is 5.92 Å². The third-order valence-electron chi connectivity index (χ3n) is 3.38. The van der Waals surface area contributed by atoms with Gasteiger partial charge in [0.25, 0.3) is 0 Å². The molecule has 0 aromatic heterocycles. The number of hydrogen-bond acceptors (Lipinski definition) is 2. The van der Waals surface area contributed by atoms with Crippen LogP contribution >= 0.6 is 11.6 Å². The third-order valence-corrected chi connectivity index (χ3v) is 3.68. The topological polar surface area (TPSA) is 38.3 Å². The minimum absolute atomic E-state index is 0.0453. The Labute approximate surface area is 121 Å². The molecule has 1 amide bonds. The maximum absolute atomic E-state index is 12.1. The van der Waals surface area contributed by atoms with E-state index in [0.717, 1.165) is 12.8 Å². The van der Waals surface area contributed by atoms with Gasteiger partial charge < -0.3 is 10.1 Å². The minimum Gasteiger partial charge on any atom is -0.433 e. The second-order valence-corrected chi connectivity index (χ2v) is 5.33. The molecule has 2 rings (SSSR count). The van der Waals surface area contributed by atoms with Gasteiger partial charge >= 0.3 is 6.61 Å². The lowest BCUT2D eigenvalue weighted by atomic mass is 10.0. The van der Waals surface area contributed by atoms with E-state index in [0.29, 0.717) is 18.0 Å². The van der Waals surface area contributed by atoms with E-state index < -0.39 is 6.61 Å². The molecular formula is C14H16ClF2NO2. The summed E-state index contributed by atoms with van der Waals surface area (Å²) in [4.78, 5) is 11.8. The molecule has 0 spiro atoms. The number of anilines is 1. The van der Waals surface area contributed by atoms with Crippen LogP contribution in [0.1, 0.15) is 32.1 Å². The molecule has 110 valence electrons. The number of ether oxygens (including phenoxy) is 1. The summed E-state index contributed by atoms with van der Waals surface area (Å²) in [7, 11) is 0. The van der Waals surface area contributed by atoms with Crippen molar-refractivity contribution in [3.8, 4) is 5.75 Å². The van der Waals surface area contributed by atoms with Crippen LogP contribution in [-0.2, 0) is 4.79 Å². The summed E-state index contributed by atoms with van der Waals surface area (Å²) in [6, 6.07) is 4.22. The average Bonchev–Trinajstić information content (AvgIpc) is 2.85. The molecule has 0 heterocycles. The van der Waals surface area contributed by atoms with Crippen LogP contribution in [0.3, 0.4) is 0 Å². The Morgan fingerprint density at radius 1 is 1.40 bits per heavy atom. The standard InChI is InChI=1S/C14H16ClF2NO2/c15-11-8-10(5-6-12(11)20-14(16)17)18-13(19)7-9-3-1-2-4-9/h5-6,8-9,14H,1-4,7H2,(H,18,19). The van der Waals surface area contributed by atoms with Crippen molar-refractivity contribution in [3.05, 3.63) is 23.2 Å². The summed E-state index contributed by atoms with van der Waals surface area (Å²) in [6.07, 6.45) is 5.05. The lowest BCUT2D eigenvalue weighted by Gasteiger charge is -2.11. The molecule has 1 aliphatic carbocycles. The summed E-state index contributed by atoms with van der Waals surface area (Å²) < 4.78 is 28.4. The van der Waals surface area contributed by atoms with Gasteiger partial charge in [0.05, 0.1) is 5.02 Å². The first-order valence-electron chi connectivity index (χ1n) is 6.59. The fourth-order valence-corrected chi connectivity index (χ4v) is 2.68. The zero-order valence-electron chi connectivity index (χ0n) is 10.9. The van der Waals surface area contributed by atoms with Gasteiger partial charge in [-0.25, -0.2) is 0 Å². The van der Waals surface area contributed by atoms with Crippen molar-refractivity contribution in [1.29, 1.82) is 0 Å². The van der Waals surface area contributed by atoms with Crippen LogP contribution in [0.4, 0.5) is 14.5 Å². The van der Waals surface area contributed by atoms with Crippen molar-refractivity contribution >= 4 is 23.2 Å². The van der Waals surface area contributed by atoms with Gasteiger partial charge in [-0.05, 0) is 37.0 Å². The van der Waals surface area contributed by atoms with E-state index in [1.807, 2.05) is 0 Å². The monoisotopic (exact) mass is 303 g/mol. The Morgan fingerprint density at radius 3 is 2.70 bits per heavy atom. The van der Waals surface area contributed by atoms with E-state index in [4.69, 9.17) is 11.6 Å². The number of rotatable bonds is 5. The number of nitrogens with one attached hydrogen (secondary N) is 1. The highest BCUT2D eigenvalue weighted by Crippen LogP contribution is 2.30. The second kappa shape index (κ2) is 6.88. The summed E-state index contributed by atoms with van der Waals surface area (Å²) in [5.41, 5.74) is 0.486. The van der Waals surface area contributed by atoms with Crippen molar-refractivity contribution in [2.75, 3.05) is 5.32 Å². The minimum atomic E-state index is -2.92. The molecular weight excluding hydrogens is 288 g/mol. The Kier molecular flexibility index (Phi) is 5.17. The fraction of sp³-hybridized carbons (Fsp3) is 0.500. The van der Waals surface area contributed by atoms with Gasteiger partial charge in [-0.1, -0.05) is 24.4 Å².